The summed E-state index contributed by atoms with van der Waals surface area (Å²) in [7, 11) is 0. The van der Waals surface area contributed by atoms with Crippen molar-refractivity contribution in [2.75, 3.05) is 11.9 Å². The number of nitrogens with zero attached hydrogens (tertiary/aromatic N) is 1. The average Bonchev–Trinajstić information content (AvgIpc) is 2.84. The van der Waals surface area contributed by atoms with Crippen LogP contribution < -0.4 is 5.32 Å². The maximum atomic E-state index is 10.8. The zero-order chi connectivity index (χ0) is 15.1. The number of benzene rings is 1. The number of oxazole rings is 1. The van der Waals surface area contributed by atoms with E-state index in [-0.39, 0.29) is 22.5 Å². The molecule has 0 radical (unpaired) electrons. The van der Waals surface area contributed by atoms with E-state index in [1.165, 1.54) is 5.56 Å². The van der Waals surface area contributed by atoms with Crippen molar-refractivity contribution >= 4 is 12.0 Å². The van der Waals surface area contributed by atoms with Crippen molar-refractivity contribution in [3.8, 4) is 0 Å². The second kappa shape index (κ2) is 4.62. The summed E-state index contributed by atoms with van der Waals surface area (Å²) in [4.78, 5) is 14.7. The number of carboxylic acid groups (broad SMARTS) is 1. The smallest absolute Gasteiger partial charge is 0.357 e. The van der Waals surface area contributed by atoms with Crippen LogP contribution in [0.1, 0.15) is 36.3 Å². The van der Waals surface area contributed by atoms with Crippen LogP contribution in [0.15, 0.2) is 41.0 Å². The molecule has 0 bridgehead atoms. The van der Waals surface area contributed by atoms with Crippen LogP contribution in [0.4, 0.5) is 6.01 Å². The molecule has 0 spiro atoms. The SMILES string of the molecule is CC1(C)CC1(CNc1nc(C(=O)O)co1)c1ccccc1. The molecule has 1 aliphatic rings. The van der Waals surface area contributed by atoms with Crippen LogP contribution in [0, 0.1) is 5.41 Å². The predicted molar refractivity (Wildman–Crippen MR) is 78.5 cm³/mol. The van der Waals surface area contributed by atoms with E-state index in [0.29, 0.717) is 6.54 Å². The van der Waals surface area contributed by atoms with Crippen molar-refractivity contribution in [1.82, 2.24) is 4.98 Å². The number of carbonyl (C=O) groups is 1. The molecule has 5 heteroatoms. The Morgan fingerprint density at radius 1 is 1.38 bits per heavy atom. The van der Waals surface area contributed by atoms with Crippen molar-refractivity contribution in [1.29, 1.82) is 0 Å². The quantitative estimate of drug-likeness (QED) is 0.883. The third-order valence-electron chi connectivity index (χ3n) is 4.51. The van der Waals surface area contributed by atoms with Gasteiger partial charge in [-0.2, -0.15) is 4.98 Å². The molecular weight excluding hydrogens is 268 g/mol. The molecule has 5 nitrogen and oxygen atoms in total. The molecule has 2 aromatic rings. The van der Waals surface area contributed by atoms with E-state index >= 15 is 0 Å². The van der Waals surface area contributed by atoms with Gasteiger partial charge in [-0.05, 0) is 17.4 Å². The van der Waals surface area contributed by atoms with Gasteiger partial charge in [0.15, 0.2) is 5.69 Å². The molecule has 0 amide bonds. The van der Waals surface area contributed by atoms with E-state index in [1.807, 2.05) is 18.2 Å². The zero-order valence-corrected chi connectivity index (χ0v) is 12.1. The van der Waals surface area contributed by atoms with E-state index < -0.39 is 5.97 Å². The number of aromatic nitrogens is 1. The molecule has 1 fully saturated rings. The minimum Gasteiger partial charge on any atom is -0.476 e. The van der Waals surface area contributed by atoms with Gasteiger partial charge >= 0.3 is 5.97 Å². The Kier molecular flexibility index (Phi) is 3.01. The molecule has 0 aliphatic heterocycles. The first-order chi connectivity index (χ1) is 9.95. The standard InChI is InChI=1S/C16H18N2O3/c1-15(2)9-16(15,11-6-4-3-5-7-11)10-17-14-18-12(8-21-14)13(19)20/h3-8H,9-10H2,1-2H3,(H,17,18)(H,19,20). The second-order valence-electron chi connectivity index (χ2n) is 6.21. The first-order valence-corrected chi connectivity index (χ1v) is 6.93. The van der Waals surface area contributed by atoms with Gasteiger partial charge in [0, 0.05) is 12.0 Å². The Morgan fingerprint density at radius 2 is 2.05 bits per heavy atom. The normalized spacial score (nSPS) is 22.8. The van der Waals surface area contributed by atoms with Gasteiger partial charge in [-0.1, -0.05) is 44.2 Å². The second-order valence-corrected chi connectivity index (χ2v) is 6.21. The van der Waals surface area contributed by atoms with E-state index in [4.69, 9.17) is 9.52 Å². The van der Waals surface area contributed by atoms with Gasteiger partial charge in [0.1, 0.15) is 6.26 Å². The lowest BCUT2D eigenvalue weighted by Crippen LogP contribution is -2.25. The maximum Gasteiger partial charge on any atom is 0.357 e. The van der Waals surface area contributed by atoms with Gasteiger partial charge in [-0.3, -0.25) is 0 Å². The fourth-order valence-corrected chi connectivity index (χ4v) is 3.04. The van der Waals surface area contributed by atoms with Crippen LogP contribution in [0.2, 0.25) is 0 Å². The molecule has 1 aromatic carbocycles. The van der Waals surface area contributed by atoms with E-state index in [2.05, 4.69) is 36.3 Å². The van der Waals surface area contributed by atoms with Gasteiger partial charge in [-0.25, -0.2) is 4.79 Å². The Bertz CT molecular complexity index is 663. The lowest BCUT2D eigenvalue weighted by molar-refractivity contribution is 0.0690. The lowest BCUT2D eigenvalue weighted by Gasteiger charge is -2.21. The van der Waals surface area contributed by atoms with E-state index in [0.717, 1.165) is 12.7 Å². The van der Waals surface area contributed by atoms with Crippen LogP contribution in [0.25, 0.3) is 0 Å². The van der Waals surface area contributed by atoms with Crippen molar-refractivity contribution < 1.29 is 14.3 Å². The highest BCUT2D eigenvalue weighted by Gasteiger charge is 2.61. The zero-order valence-electron chi connectivity index (χ0n) is 12.1. The molecule has 2 N–H and O–H groups in total. The van der Waals surface area contributed by atoms with Crippen LogP contribution in [-0.4, -0.2) is 22.6 Å². The monoisotopic (exact) mass is 286 g/mol. The highest BCUT2D eigenvalue weighted by atomic mass is 16.4. The molecule has 3 rings (SSSR count). The average molecular weight is 286 g/mol. The van der Waals surface area contributed by atoms with Gasteiger partial charge in [0.2, 0.25) is 0 Å². The van der Waals surface area contributed by atoms with Crippen LogP contribution in [0.5, 0.6) is 0 Å². The number of aromatic carboxylic acids is 1. The summed E-state index contributed by atoms with van der Waals surface area (Å²) < 4.78 is 5.15. The van der Waals surface area contributed by atoms with E-state index in [1.54, 1.807) is 0 Å². The fraction of sp³-hybridized carbons (Fsp3) is 0.375. The topological polar surface area (TPSA) is 75.4 Å². The molecular formula is C16H18N2O3. The number of rotatable bonds is 5. The van der Waals surface area contributed by atoms with Gasteiger partial charge in [0.25, 0.3) is 6.01 Å². The summed E-state index contributed by atoms with van der Waals surface area (Å²) in [5.41, 5.74) is 1.43. The minimum atomic E-state index is -1.09. The molecule has 21 heavy (non-hydrogen) atoms. The van der Waals surface area contributed by atoms with Crippen LogP contribution >= 0.6 is 0 Å². The molecule has 110 valence electrons. The Labute approximate surface area is 123 Å². The number of nitrogens with one attached hydrogen (secondary N) is 1. The number of carboxylic acids is 1. The molecule has 1 aliphatic carbocycles. The summed E-state index contributed by atoms with van der Waals surface area (Å²) >= 11 is 0. The fourth-order valence-electron chi connectivity index (χ4n) is 3.04. The molecule has 1 saturated carbocycles. The maximum absolute atomic E-state index is 10.8. The molecule has 1 aromatic heterocycles. The Hall–Kier alpha value is -2.30. The number of hydrogen-bond donors (Lipinski definition) is 2. The summed E-state index contributed by atoms with van der Waals surface area (Å²) in [6.45, 7) is 5.14. The third kappa shape index (κ3) is 2.28. The summed E-state index contributed by atoms with van der Waals surface area (Å²) in [5, 5.41) is 12.0. The molecule has 1 atom stereocenters. The number of anilines is 1. The number of hydrogen-bond acceptors (Lipinski definition) is 4. The Balaban J connectivity index is 1.77. The third-order valence-corrected chi connectivity index (χ3v) is 4.51. The summed E-state index contributed by atoms with van der Waals surface area (Å²) in [6.07, 6.45) is 2.22. The van der Waals surface area contributed by atoms with Gasteiger partial charge < -0.3 is 14.8 Å². The van der Waals surface area contributed by atoms with E-state index in [9.17, 15) is 4.79 Å². The van der Waals surface area contributed by atoms with Crippen molar-refractivity contribution in [2.45, 2.75) is 25.7 Å². The minimum absolute atomic E-state index is 0.0338. The van der Waals surface area contributed by atoms with Crippen molar-refractivity contribution in [2.24, 2.45) is 5.41 Å². The predicted octanol–water partition coefficient (Wildman–Crippen LogP) is 3.15. The molecule has 1 unspecified atom stereocenters. The van der Waals surface area contributed by atoms with Gasteiger partial charge in [-0.15, -0.1) is 0 Å². The van der Waals surface area contributed by atoms with Crippen molar-refractivity contribution in [3.05, 3.63) is 47.9 Å². The summed E-state index contributed by atoms with van der Waals surface area (Å²) in [5.74, 6) is -1.09. The molecule has 1 heterocycles. The van der Waals surface area contributed by atoms with Crippen LogP contribution in [-0.2, 0) is 5.41 Å². The first-order valence-electron chi connectivity index (χ1n) is 6.93. The highest BCUT2D eigenvalue weighted by molar-refractivity contribution is 5.85. The van der Waals surface area contributed by atoms with Gasteiger partial charge in [0.05, 0.1) is 0 Å². The van der Waals surface area contributed by atoms with Crippen LogP contribution in [0.3, 0.4) is 0 Å². The first kappa shape index (κ1) is 13.7. The lowest BCUT2D eigenvalue weighted by atomic mass is 9.88. The largest absolute Gasteiger partial charge is 0.476 e. The molecule has 0 saturated heterocycles. The highest BCUT2D eigenvalue weighted by Crippen LogP contribution is 2.64. The van der Waals surface area contributed by atoms with Crippen molar-refractivity contribution in [3.63, 3.8) is 0 Å². The summed E-state index contributed by atoms with van der Waals surface area (Å²) in [6, 6.07) is 10.6. The Morgan fingerprint density at radius 3 is 2.57 bits per heavy atom.